The smallest absolute Gasteiger partial charge is 0.750 e. The number of rotatable bonds is 0. The topological polar surface area (TPSA) is 181 Å². The van der Waals surface area contributed by atoms with Gasteiger partial charge in [0.2, 0.25) is 0 Å². The monoisotopic (exact) mass is 306 g/mol. The van der Waals surface area contributed by atoms with Crippen LogP contribution in [0.5, 0.6) is 0 Å². The SMILES string of the molecule is O=S([O-])O.O=S([O-])O.O=S([O-])O.[K+].[Mg+2]. The molecule has 0 aliphatic carbocycles. The summed E-state index contributed by atoms with van der Waals surface area (Å²) in [7, 11) is 0. The molecule has 0 aromatic rings. The fraction of sp³-hybridized carbons (Fsp3) is 0. The van der Waals surface area contributed by atoms with E-state index < -0.39 is 34.1 Å². The van der Waals surface area contributed by atoms with Gasteiger partial charge in [0.25, 0.3) is 0 Å². The quantitative estimate of drug-likeness (QED) is 0.290. The second-order valence-electron chi connectivity index (χ2n) is 0.651. The van der Waals surface area contributed by atoms with Gasteiger partial charge in [-0.25, -0.2) is 12.6 Å². The molecule has 0 saturated carbocycles. The van der Waals surface area contributed by atoms with Gasteiger partial charge in [0, 0.05) is 0 Å². The standard InChI is InChI=1S/K.Mg.3H2O3S/c;;3*1-4(2)3/h;;3*(H2,1,2,3)/q+1;+2;;;/p-3. The van der Waals surface area contributed by atoms with Crippen molar-refractivity contribution in [2.24, 2.45) is 0 Å². The van der Waals surface area contributed by atoms with Crippen LogP contribution < -0.4 is 51.4 Å². The minimum Gasteiger partial charge on any atom is -0.750 e. The Hall–Kier alpha value is 2.61. The van der Waals surface area contributed by atoms with Crippen molar-refractivity contribution in [2.75, 3.05) is 0 Å². The first-order valence-electron chi connectivity index (χ1n) is 1.55. The maximum Gasteiger partial charge on any atom is 2.00 e. The number of hydrogen-bond acceptors (Lipinski definition) is 6. The third kappa shape index (κ3) is 397. The Morgan fingerprint density at radius 3 is 0.714 bits per heavy atom. The van der Waals surface area contributed by atoms with E-state index in [1.54, 1.807) is 0 Å². The van der Waals surface area contributed by atoms with Gasteiger partial charge in [-0.15, -0.1) is 0 Å². The van der Waals surface area contributed by atoms with E-state index >= 15 is 0 Å². The van der Waals surface area contributed by atoms with E-state index in [1.807, 2.05) is 0 Å². The third-order valence-electron chi connectivity index (χ3n) is 0. The zero-order valence-corrected chi connectivity index (χ0v) is 13.7. The Labute approximate surface area is 146 Å². The van der Waals surface area contributed by atoms with Crippen LogP contribution in [0.3, 0.4) is 0 Å². The maximum atomic E-state index is 8.56. The molecule has 0 radical (unpaired) electrons. The summed E-state index contributed by atoms with van der Waals surface area (Å²) >= 11 is -8.58. The minimum absolute atomic E-state index is 0. The molecule has 3 N–H and O–H groups in total. The molecule has 3 unspecified atom stereocenters. The summed E-state index contributed by atoms with van der Waals surface area (Å²) in [5.41, 5.74) is 0. The number of hydrogen-bond donors (Lipinski definition) is 3. The van der Waals surface area contributed by atoms with E-state index in [1.165, 1.54) is 0 Å². The Morgan fingerprint density at radius 1 is 0.714 bits per heavy atom. The van der Waals surface area contributed by atoms with Crippen LogP contribution in [0.1, 0.15) is 0 Å². The third-order valence-corrected chi connectivity index (χ3v) is 0. The van der Waals surface area contributed by atoms with Gasteiger partial charge in [-0.1, -0.05) is 0 Å². The molecule has 14 heteroatoms. The summed E-state index contributed by atoms with van der Waals surface area (Å²) in [6.07, 6.45) is 0. The van der Waals surface area contributed by atoms with Gasteiger partial charge in [-0.2, -0.15) is 0 Å². The first-order valence-corrected chi connectivity index (χ1v) is 4.64. The van der Waals surface area contributed by atoms with Crippen molar-refractivity contribution in [1.82, 2.24) is 0 Å². The molecule has 78 valence electrons. The van der Waals surface area contributed by atoms with E-state index in [9.17, 15) is 0 Å². The molecule has 0 aliphatic heterocycles. The van der Waals surface area contributed by atoms with Crippen molar-refractivity contribution in [3.63, 3.8) is 0 Å². The first kappa shape index (κ1) is 30.0. The Balaban J connectivity index is -0.0000000270. The summed E-state index contributed by atoms with van der Waals surface area (Å²) in [6, 6.07) is 0. The molecule has 0 heterocycles. The Morgan fingerprint density at radius 2 is 0.714 bits per heavy atom. The summed E-state index contributed by atoms with van der Waals surface area (Å²) in [4.78, 5) is 0. The van der Waals surface area contributed by atoms with Crippen LogP contribution in [0.25, 0.3) is 0 Å². The van der Waals surface area contributed by atoms with Gasteiger partial charge >= 0.3 is 74.4 Å². The first-order chi connectivity index (χ1) is 5.20. The predicted molar refractivity (Wildman–Crippen MR) is 40.4 cm³/mol. The van der Waals surface area contributed by atoms with Crippen molar-refractivity contribution >= 4 is 57.1 Å². The molecule has 9 nitrogen and oxygen atoms in total. The molecule has 0 aromatic carbocycles. The molecular weight excluding hydrogens is 304 g/mol. The minimum atomic E-state index is -2.86. The zero-order chi connectivity index (χ0) is 10.7. The average molecular weight is 307 g/mol. The molecule has 3 atom stereocenters. The molecule has 0 amide bonds. The van der Waals surface area contributed by atoms with Gasteiger partial charge in [0.15, 0.2) is 0 Å². The molecule has 0 rings (SSSR count). The van der Waals surface area contributed by atoms with E-state index in [2.05, 4.69) is 0 Å². The van der Waals surface area contributed by atoms with Crippen molar-refractivity contribution in [1.29, 1.82) is 0 Å². The summed E-state index contributed by atoms with van der Waals surface area (Å²) in [6.45, 7) is 0. The summed E-state index contributed by atoms with van der Waals surface area (Å²) in [5.74, 6) is 0. The fourth-order valence-electron chi connectivity index (χ4n) is 0. The van der Waals surface area contributed by atoms with Crippen LogP contribution in [-0.4, -0.2) is 63.0 Å². The normalized spacial score (nSPS) is 13.3. The van der Waals surface area contributed by atoms with Crippen molar-refractivity contribution in [3.05, 3.63) is 0 Å². The van der Waals surface area contributed by atoms with Crippen LogP contribution in [0.4, 0.5) is 0 Å². The largest absolute Gasteiger partial charge is 2.00 e. The molecule has 0 aromatic heterocycles. The van der Waals surface area contributed by atoms with E-state index in [0.717, 1.165) is 0 Å². The molecule has 0 aliphatic rings. The van der Waals surface area contributed by atoms with E-state index in [4.69, 9.17) is 39.9 Å². The van der Waals surface area contributed by atoms with Crippen molar-refractivity contribution < 1.29 is 91.3 Å². The molecule has 14 heavy (non-hydrogen) atoms. The predicted octanol–water partition coefficient (Wildman–Crippen LogP) is -5.36. The van der Waals surface area contributed by atoms with Crippen LogP contribution in [-0.2, 0) is 34.1 Å². The molecule has 0 spiro atoms. The molecule has 0 saturated heterocycles. The van der Waals surface area contributed by atoms with Gasteiger partial charge < -0.3 is 27.3 Å². The van der Waals surface area contributed by atoms with Crippen molar-refractivity contribution in [3.8, 4) is 0 Å². The molecule has 0 fully saturated rings. The van der Waals surface area contributed by atoms with Gasteiger partial charge in [-0.3, -0.25) is 0 Å². The average Bonchev–Trinajstić information content (AvgIpc) is 1.54. The Kier molecular flexibility index (Phi) is 53.0. The van der Waals surface area contributed by atoms with E-state index in [0.29, 0.717) is 0 Å². The van der Waals surface area contributed by atoms with Crippen LogP contribution in [0.15, 0.2) is 0 Å². The zero-order valence-electron chi connectivity index (χ0n) is 6.72. The van der Waals surface area contributed by atoms with Gasteiger partial charge in [-0.05, 0) is 0 Å². The van der Waals surface area contributed by atoms with E-state index in [-0.39, 0.29) is 74.4 Å². The van der Waals surface area contributed by atoms with Crippen molar-refractivity contribution in [2.45, 2.75) is 0 Å². The van der Waals surface area contributed by atoms with Gasteiger partial charge in [0.05, 0.1) is 34.1 Å². The van der Waals surface area contributed by atoms with Crippen LogP contribution in [0, 0.1) is 0 Å². The van der Waals surface area contributed by atoms with Crippen LogP contribution >= 0.6 is 0 Å². The maximum absolute atomic E-state index is 8.56. The molecular formula is H3KMgO9S3. The summed E-state index contributed by atoms with van der Waals surface area (Å²) < 4.78 is 72.2. The molecule has 0 bridgehead atoms. The Bertz CT molecular complexity index is 118. The second-order valence-corrected chi connectivity index (χ2v) is 1.95. The van der Waals surface area contributed by atoms with Gasteiger partial charge in [0.1, 0.15) is 0 Å². The second kappa shape index (κ2) is 24.7. The van der Waals surface area contributed by atoms with Crippen LogP contribution in [0.2, 0.25) is 0 Å². The summed E-state index contributed by atoms with van der Waals surface area (Å²) in [5, 5.41) is 0. The fourth-order valence-corrected chi connectivity index (χ4v) is 0.